The number of aliphatic hydroxyl groups excluding tert-OH is 1. The van der Waals surface area contributed by atoms with Gasteiger partial charge in [-0.2, -0.15) is 0 Å². The molecule has 4 N–H and O–H groups in total. The van der Waals surface area contributed by atoms with E-state index in [-0.39, 0.29) is 19.1 Å². The Balaban J connectivity index is 2.37. The summed E-state index contributed by atoms with van der Waals surface area (Å²) in [5, 5.41) is 29.8. The highest BCUT2D eigenvalue weighted by atomic mass is 16.4. The lowest BCUT2D eigenvalue weighted by atomic mass is 10.1. The van der Waals surface area contributed by atoms with Gasteiger partial charge in [-0.05, 0) is 25.7 Å². The minimum absolute atomic E-state index is 0.0942. The molecule has 0 aromatic rings. The average Bonchev–Trinajstić information content (AvgIpc) is 2.88. The number of aliphatic carboxylic acids is 1. The molecular weight excluding hydrogens is 186 g/mol. The van der Waals surface area contributed by atoms with Gasteiger partial charge in [0.05, 0.1) is 12.2 Å². The molecule has 0 aromatic heterocycles. The van der Waals surface area contributed by atoms with Crippen molar-refractivity contribution in [1.82, 2.24) is 5.32 Å². The normalized spacial score (nSPS) is 22.8. The van der Waals surface area contributed by atoms with Crippen molar-refractivity contribution in [1.29, 1.82) is 0 Å². The summed E-state index contributed by atoms with van der Waals surface area (Å²) in [4.78, 5) is 10.8. The Labute approximate surface area is 82.7 Å². The van der Waals surface area contributed by atoms with E-state index in [2.05, 4.69) is 5.32 Å². The number of hydrogen-bond donors (Lipinski definition) is 4. The average molecular weight is 203 g/mol. The summed E-state index contributed by atoms with van der Waals surface area (Å²) in [5.41, 5.74) is -1.25. The second kappa shape index (κ2) is 4.25. The molecule has 0 saturated heterocycles. The van der Waals surface area contributed by atoms with E-state index < -0.39 is 17.6 Å². The van der Waals surface area contributed by atoms with E-state index in [1.165, 1.54) is 6.92 Å². The van der Waals surface area contributed by atoms with Gasteiger partial charge in [0.1, 0.15) is 6.04 Å². The molecule has 1 saturated carbocycles. The molecule has 82 valence electrons. The molecule has 0 amide bonds. The first-order chi connectivity index (χ1) is 6.46. The molecule has 0 radical (unpaired) electrons. The Bertz CT molecular complexity index is 213. The highest BCUT2D eigenvalue weighted by molar-refractivity contribution is 5.74. The molecule has 5 heteroatoms. The molecule has 0 aliphatic heterocycles. The molecule has 1 rings (SSSR count). The lowest BCUT2D eigenvalue weighted by Crippen LogP contribution is -2.48. The van der Waals surface area contributed by atoms with Crippen molar-refractivity contribution in [2.24, 2.45) is 5.92 Å². The van der Waals surface area contributed by atoms with Gasteiger partial charge in [0.15, 0.2) is 0 Å². The van der Waals surface area contributed by atoms with E-state index in [1.54, 1.807) is 0 Å². The van der Waals surface area contributed by atoms with Crippen LogP contribution in [0.15, 0.2) is 0 Å². The lowest BCUT2D eigenvalue weighted by molar-refractivity contribution is -0.140. The number of aliphatic hydroxyl groups is 2. The van der Waals surface area contributed by atoms with Gasteiger partial charge >= 0.3 is 5.97 Å². The molecule has 0 spiro atoms. The molecular formula is C9H17NO4. The van der Waals surface area contributed by atoms with Crippen LogP contribution in [0.25, 0.3) is 0 Å². The van der Waals surface area contributed by atoms with E-state index in [1.807, 2.05) is 0 Å². The Morgan fingerprint density at radius 3 is 2.57 bits per heavy atom. The number of nitrogens with one attached hydrogen (secondary N) is 1. The summed E-state index contributed by atoms with van der Waals surface area (Å²) >= 11 is 0. The fourth-order valence-electron chi connectivity index (χ4n) is 1.27. The molecule has 1 aliphatic carbocycles. The summed E-state index contributed by atoms with van der Waals surface area (Å²) in [5.74, 6) is -0.705. The molecule has 0 heterocycles. The van der Waals surface area contributed by atoms with Crippen LogP contribution in [0.2, 0.25) is 0 Å². The Morgan fingerprint density at radius 2 is 2.21 bits per heavy atom. The van der Waals surface area contributed by atoms with E-state index >= 15 is 0 Å². The topological polar surface area (TPSA) is 89.8 Å². The standard InChI is InChI=1S/C9H17NO4/c1-9(14,5-11)4-10-7(8(12)13)6-2-3-6/h6-7,10-11,14H,2-5H2,1H3,(H,12,13). The first-order valence-electron chi connectivity index (χ1n) is 4.76. The van der Waals surface area contributed by atoms with Crippen molar-refractivity contribution < 1.29 is 20.1 Å². The third-order valence-corrected chi connectivity index (χ3v) is 2.40. The van der Waals surface area contributed by atoms with Crippen LogP contribution >= 0.6 is 0 Å². The smallest absolute Gasteiger partial charge is 0.320 e. The second-order valence-electron chi connectivity index (χ2n) is 4.19. The fourth-order valence-corrected chi connectivity index (χ4v) is 1.27. The van der Waals surface area contributed by atoms with Gasteiger partial charge in [-0.1, -0.05) is 0 Å². The van der Waals surface area contributed by atoms with Crippen LogP contribution in [-0.4, -0.2) is 46.1 Å². The monoisotopic (exact) mass is 203 g/mol. The van der Waals surface area contributed by atoms with Crippen LogP contribution in [0, 0.1) is 5.92 Å². The van der Waals surface area contributed by atoms with Gasteiger partial charge in [-0.15, -0.1) is 0 Å². The van der Waals surface area contributed by atoms with Crippen LogP contribution in [0.3, 0.4) is 0 Å². The number of carboxylic acids is 1. The molecule has 5 nitrogen and oxygen atoms in total. The first kappa shape index (κ1) is 11.4. The maximum atomic E-state index is 10.8. The first-order valence-corrected chi connectivity index (χ1v) is 4.76. The van der Waals surface area contributed by atoms with Crippen molar-refractivity contribution in [3.05, 3.63) is 0 Å². The Kier molecular flexibility index (Phi) is 3.47. The van der Waals surface area contributed by atoms with Gasteiger partial charge in [-0.3, -0.25) is 4.79 Å². The molecule has 1 aliphatic rings. The van der Waals surface area contributed by atoms with Gasteiger partial charge in [-0.25, -0.2) is 0 Å². The zero-order chi connectivity index (χ0) is 10.8. The summed E-state index contributed by atoms with van der Waals surface area (Å²) in [7, 11) is 0. The van der Waals surface area contributed by atoms with Crippen molar-refractivity contribution >= 4 is 5.97 Å². The van der Waals surface area contributed by atoms with Gasteiger partial charge < -0.3 is 20.6 Å². The van der Waals surface area contributed by atoms with Crippen molar-refractivity contribution in [3.8, 4) is 0 Å². The summed E-state index contributed by atoms with van der Waals surface area (Å²) in [6.45, 7) is 1.18. The van der Waals surface area contributed by atoms with E-state index in [0.29, 0.717) is 0 Å². The van der Waals surface area contributed by atoms with Gasteiger partial charge in [0.25, 0.3) is 0 Å². The zero-order valence-corrected chi connectivity index (χ0v) is 8.23. The van der Waals surface area contributed by atoms with Gasteiger partial charge in [0, 0.05) is 6.54 Å². The third kappa shape index (κ3) is 3.25. The van der Waals surface area contributed by atoms with E-state index in [0.717, 1.165) is 12.8 Å². The molecule has 0 aromatic carbocycles. The molecule has 1 fully saturated rings. The minimum Gasteiger partial charge on any atom is -0.480 e. The van der Waals surface area contributed by atoms with Crippen LogP contribution < -0.4 is 5.32 Å². The minimum atomic E-state index is -1.25. The summed E-state index contributed by atoms with van der Waals surface area (Å²) < 4.78 is 0. The predicted molar refractivity (Wildman–Crippen MR) is 49.9 cm³/mol. The van der Waals surface area contributed by atoms with E-state index in [4.69, 9.17) is 10.2 Å². The second-order valence-corrected chi connectivity index (χ2v) is 4.19. The van der Waals surface area contributed by atoms with Gasteiger partial charge in [0.2, 0.25) is 0 Å². The van der Waals surface area contributed by atoms with Crippen molar-refractivity contribution in [2.45, 2.75) is 31.4 Å². The fraction of sp³-hybridized carbons (Fsp3) is 0.889. The predicted octanol–water partition coefficient (Wildman–Crippen LogP) is -0.818. The van der Waals surface area contributed by atoms with Crippen molar-refractivity contribution in [3.63, 3.8) is 0 Å². The molecule has 14 heavy (non-hydrogen) atoms. The number of rotatable bonds is 6. The molecule has 2 atom stereocenters. The van der Waals surface area contributed by atoms with E-state index in [9.17, 15) is 9.90 Å². The molecule has 2 unspecified atom stereocenters. The maximum absolute atomic E-state index is 10.8. The number of carboxylic acid groups (broad SMARTS) is 1. The van der Waals surface area contributed by atoms with Crippen LogP contribution in [-0.2, 0) is 4.79 Å². The maximum Gasteiger partial charge on any atom is 0.320 e. The number of hydrogen-bond acceptors (Lipinski definition) is 4. The highest BCUT2D eigenvalue weighted by Gasteiger charge is 2.37. The molecule has 0 bridgehead atoms. The summed E-state index contributed by atoms with van der Waals surface area (Å²) in [6.07, 6.45) is 1.84. The highest BCUT2D eigenvalue weighted by Crippen LogP contribution is 2.32. The quantitative estimate of drug-likeness (QED) is 0.453. The van der Waals surface area contributed by atoms with Crippen LogP contribution in [0.5, 0.6) is 0 Å². The lowest BCUT2D eigenvalue weighted by Gasteiger charge is -2.23. The number of carbonyl (C=O) groups is 1. The Hall–Kier alpha value is -0.650. The SMILES string of the molecule is CC(O)(CO)CNC(C(=O)O)C1CC1. The largest absolute Gasteiger partial charge is 0.480 e. The van der Waals surface area contributed by atoms with Crippen LogP contribution in [0.4, 0.5) is 0 Å². The van der Waals surface area contributed by atoms with Crippen LogP contribution in [0.1, 0.15) is 19.8 Å². The zero-order valence-electron chi connectivity index (χ0n) is 8.23. The Morgan fingerprint density at radius 1 is 1.64 bits per heavy atom. The van der Waals surface area contributed by atoms with Crippen molar-refractivity contribution in [2.75, 3.05) is 13.2 Å². The summed E-state index contributed by atoms with van der Waals surface area (Å²) in [6, 6.07) is -0.590. The third-order valence-electron chi connectivity index (χ3n) is 2.40.